The zero-order valence-electron chi connectivity index (χ0n) is 14.0. The van der Waals surface area contributed by atoms with Crippen molar-refractivity contribution in [1.29, 1.82) is 0 Å². The van der Waals surface area contributed by atoms with Gasteiger partial charge in [-0.3, -0.25) is 4.79 Å². The third-order valence-corrected chi connectivity index (χ3v) is 5.92. The lowest BCUT2D eigenvalue weighted by Gasteiger charge is -2.28. The van der Waals surface area contributed by atoms with Gasteiger partial charge in [0.25, 0.3) is 0 Å². The molecule has 6 nitrogen and oxygen atoms in total. The summed E-state index contributed by atoms with van der Waals surface area (Å²) in [5, 5.41) is 14.6. The number of aliphatic carboxylic acids is 1. The first-order valence-corrected chi connectivity index (χ1v) is 9.33. The number of ether oxygens (including phenoxy) is 1. The summed E-state index contributed by atoms with van der Waals surface area (Å²) in [6.07, 6.45) is 6.87. The minimum absolute atomic E-state index is 0.261. The molecule has 3 rings (SSSR count). The van der Waals surface area contributed by atoms with E-state index in [1.807, 2.05) is 6.08 Å². The molecule has 7 heteroatoms. The Hall–Kier alpha value is -2.15. The molecular formula is C18H20NO5S-. The van der Waals surface area contributed by atoms with Gasteiger partial charge in [-0.25, -0.2) is 4.79 Å². The number of carbonyl (C=O) groups excluding carboxylic acids is 3. The predicted molar refractivity (Wildman–Crippen MR) is 91.3 cm³/mol. The first-order chi connectivity index (χ1) is 12.0. The van der Waals surface area contributed by atoms with Crippen molar-refractivity contribution in [3.05, 3.63) is 28.2 Å². The summed E-state index contributed by atoms with van der Waals surface area (Å²) in [6.45, 7) is 2.00. The quantitative estimate of drug-likeness (QED) is 0.635. The van der Waals surface area contributed by atoms with Crippen LogP contribution in [0.4, 0.5) is 5.00 Å². The molecule has 2 aliphatic carbocycles. The van der Waals surface area contributed by atoms with E-state index in [1.54, 1.807) is 13.0 Å². The fraction of sp³-hybridized carbons (Fsp3) is 0.500. The number of amides is 1. The van der Waals surface area contributed by atoms with Gasteiger partial charge in [-0.1, -0.05) is 12.2 Å². The lowest BCUT2D eigenvalue weighted by Crippen LogP contribution is -2.41. The van der Waals surface area contributed by atoms with Gasteiger partial charge in [0.1, 0.15) is 5.00 Å². The highest BCUT2D eigenvalue weighted by atomic mass is 32.1. The van der Waals surface area contributed by atoms with Crippen LogP contribution in [0.3, 0.4) is 0 Å². The van der Waals surface area contributed by atoms with Crippen LogP contribution in [0.25, 0.3) is 0 Å². The lowest BCUT2D eigenvalue weighted by molar-refractivity contribution is -0.313. The smallest absolute Gasteiger partial charge is 0.341 e. The summed E-state index contributed by atoms with van der Waals surface area (Å²) in [5.74, 6) is -3.57. The summed E-state index contributed by atoms with van der Waals surface area (Å²) in [5.41, 5.74) is 1.39. The molecule has 0 fully saturated rings. The molecule has 1 heterocycles. The molecule has 0 spiro atoms. The molecular weight excluding hydrogens is 342 g/mol. The summed E-state index contributed by atoms with van der Waals surface area (Å²) < 4.78 is 5.14. The molecule has 1 aromatic rings. The number of carboxylic acids is 1. The Morgan fingerprint density at radius 1 is 1.24 bits per heavy atom. The van der Waals surface area contributed by atoms with Crippen LogP contribution in [-0.2, 0) is 27.2 Å². The SMILES string of the molecule is CCOC(=O)c1c(NC(=O)[C@H]2CC=CC[C@H]2C(=O)[O-])sc2c1CCC2. The minimum atomic E-state index is -1.22. The Balaban J connectivity index is 1.85. The molecule has 2 atom stereocenters. The van der Waals surface area contributed by atoms with Gasteiger partial charge in [0.2, 0.25) is 5.91 Å². The zero-order valence-corrected chi connectivity index (χ0v) is 14.8. The van der Waals surface area contributed by atoms with Crippen LogP contribution in [0.2, 0.25) is 0 Å². The third-order valence-electron chi connectivity index (χ3n) is 4.71. The largest absolute Gasteiger partial charge is 0.550 e. The summed E-state index contributed by atoms with van der Waals surface area (Å²) in [6, 6.07) is 0. The average molecular weight is 362 g/mol. The van der Waals surface area contributed by atoms with Gasteiger partial charge in [0.05, 0.1) is 18.1 Å². The molecule has 1 aromatic heterocycles. The number of nitrogens with one attached hydrogen (secondary N) is 1. The number of carboxylic acid groups (broad SMARTS) is 1. The van der Waals surface area contributed by atoms with Gasteiger partial charge in [-0.15, -0.1) is 11.3 Å². The van der Waals surface area contributed by atoms with E-state index in [9.17, 15) is 19.5 Å². The van der Waals surface area contributed by atoms with Gasteiger partial charge < -0.3 is 20.0 Å². The number of anilines is 1. The Morgan fingerprint density at radius 2 is 1.96 bits per heavy atom. The lowest BCUT2D eigenvalue weighted by atomic mass is 9.82. The van der Waals surface area contributed by atoms with Crippen molar-refractivity contribution >= 4 is 34.2 Å². The van der Waals surface area contributed by atoms with E-state index in [1.165, 1.54) is 11.3 Å². The Labute approximate surface area is 149 Å². The number of aryl methyl sites for hydroxylation is 1. The number of rotatable bonds is 5. The maximum Gasteiger partial charge on any atom is 0.341 e. The van der Waals surface area contributed by atoms with Gasteiger partial charge in [-0.05, 0) is 44.6 Å². The van der Waals surface area contributed by atoms with Gasteiger partial charge in [0.15, 0.2) is 0 Å². The number of allylic oxidation sites excluding steroid dienone is 2. The fourth-order valence-corrected chi connectivity index (χ4v) is 4.76. The highest BCUT2D eigenvalue weighted by Gasteiger charge is 2.33. The highest BCUT2D eigenvalue weighted by Crippen LogP contribution is 2.40. The van der Waals surface area contributed by atoms with E-state index < -0.39 is 23.8 Å². The van der Waals surface area contributed by atoms with Crippen LogP contribution >= 0.6 is 11.3 Å². The van der Waals surface area contributed by atoms with Crippen LogP contribution in [-0.4, -0.2) is 24.5 Å². The number of hydrogen-bond acceptors (Lipinski definition) is 6. The molecule has 0 saturated heterocycles. The van der Waals surface area contributed by atoms with Gasteiger partial charge in [0, 0.05) is 16.8 Å². The van der Waals surface area contributed by atoms with Gasteiger partial charge in [-0.2, -0.15) is 0 Å². The molecule has 134 valence electrons. The summed E-state index contributed by atoms with van der Waals surface area (Å²) in [7, 11) is 0. The van der Waals surface area contributed by atoms with Crippen LogP contribution in [0.5, 0.6) is 0 Å². The second-order valence-corrected chi connectivity index (χ2v) is 7.35. The second-order valence-electron chi connectivity index (χ2n) is 6.25. The van der Waals surface area contributed by atoms with E-state index in [-0.39, 0.29) is 18.9 Å². The van der Waals surface area contributed by atoms with E-state index >= 15 is 0 Å². The summed E-state index contributed by atoms with van der Waals surface area (Å²) in [4.78, 5) is 37.4. The van der Waals surface area contributed by atoms with Crippen LogP contribution in [0, 0.1) is 11.8 Å². The van der Waals surface area contributed by atoms with Crippen molar-refractivity contribution in [3.63, 3.8) is 0 Å². The number of carbonyl (C=O) groups is 3. The molecule has 1 N–H and O–H groups in total. The standard InChI is InChI=1S/C18H21NO5S/c1-2-24-18(23)14-12-8-5-9-13(12)25-16(14)19-15(20)10-6-3-4-7-11(10)17(21)22/h3-4,10-11H,2,5-9H2,1H3,(H,19,20)(H,21,22)/p-1/t10-,11+/m0/s1. The third kappa shape index (κ3) is 3.46. The van der Waals surface area contributed by atoms with E-state index in [0.29, 0.717) is 17.0 Å². The predicted octanol–water partition coefficient (Wildman–Crippen LogP) is 1.68. The zero-order chi connectivity index (χ0) is 18.0. The first kappa shape index (κ1) is 17.7. The van der Waals surface area contributed by atoms with Crippen molar-refractivity contribution in [2.45, 2.75) is 39.0 Å². The Kier molecular flexibility index (Phi) is 5.22. The van der Waals surface area contributed by atoms with Crippen molar-refractivity contribution in [3.8, 4) is 0 Å². The highest BCUT2D eigenvalue weighted by molar-refractivity contribution is 7.17. The number of hydrogen-bond donors (Lipinski definition) is 1. The fourth-order valence-electron chi connectivity index (χ4n) is 3.48. The van der Waals surface area contributed by atoms with Crippen molar-refractivity contribution in [2.24, 2.45) is 11.8 Å². The normalized spacial score (nSPS) is 21.6. The average Bonchev–Trinajstić information content (AvgIpc) is 3.15. The molecule has 0 radical (unpaired) electrons. The van der Waals surface area contributed by atoms with E-state index in [4.69, 9.17) is 4.74 Å². The molecule has 25 heavy (non-hydrogen) atoms. The van der Waals surface area contributed by atoms with Crippen molar-refractivity contribution < 1.29 is 24.2 Å². The first-order valence-electron chi connectivity index (χ1n) is 8.51. The van der Waals surface area contributed by atoms with Crippen LogP contribution < -0.4 is 10.4 Å². The number of fused-ring (bicyclic) bond motifs is 1. The van der Waals surface area contributed by atoms with E-state index in [2.05, 4.69) is 5.32 Å². The monoisotopic (exact) mass is 362 g/mol. The van der Waals surface area contributed by atoms with Crippen LogP contribution in [0.15, 0.2) is 12.2 Å². The Morgan fingerprint density at radius 3 is 2.64 bits per heavy atom. The number of thiophene rings is 1. The molecule has 0 aliphatic heterocycles. The molecule has 2 aliphatic rings. The molecule has 0 bridgehead atoms. The summed E-state index contributed by atoms with van der Waals surface area (Å²) >= 11 is 1.39. The number of esters is 1. The topological polar surface area (TPSA) is 95.5 Å². The molecule has 0 unspecified atom stereocenters. The maximum absolute atomic E-state index is 12.7. The Bertz CT molecular complexity index is 736. The van der Waals surface area contributed by atoms with Crippen molar-refractivity contribution in [1.82, 2.24) is 0 Å². The van der Waals surface area contributed by atoms with Crippen LogP contribution in [0.1, 0.15) is 47.0 Å². The molecule has 1 amide bonds. The van der Waals surface area contributed by atoms with E-state index in [0.717, 1.165) is 29.7 Å². The van der Waals surface area contributed by atoms with Gasteiger partial charge >= 0.3 is 5.97 Å². The second kappa shape index (κ2) is 7.39. The maximum atomic E-state index is 12.7. The minimum Gasteiger partial charge on any atom is -0.550 e. The van der Waals surface area contributed by atoms with Crippen molar-refractivity contribution in [2.75, 3.05) is 11.9 Å². The molecule has 0 saturated carbocycles. The molecule has 0 aromatic carbocycles.